The van der Waals surface area contributed by atoms with Crippen LogP contribution in [0.3, 0.4) is 0 Å². The van der Waals surface area contributed by atoms with Gasteiger partial charge in [0.25, 0.3) is 11.8 Å². The molecular weight excluding hydrogens is 388 g/mol. The highest BCUT2D eigenvalue weighted by atomic mass is 32.1. The number of hydrogen-bond donors (Lipinski definition) is 1. The Morgan fingerprint density at radius 1 is 1.14 bits per heavy atom. The van der Waals surface area contributed by atoms with Gasteiger partial charge < -0.3 is 14.3 Å². The summed E-state index contributed by atoms with van der Waals surface area (Å²) in [5.41, 5.74) is 2.56. The molecule has 7 nitrogen and oxygen atoms in total. The monoisotopic (exact) mass is 408 g/mol. The van der Waals surface area contributed by atoms with Crippen LogP contribution in [0.2, 0.25) is 0 Å². The zero-order valence-electron chi connectivity index (χ0n) is 16.5. The maximum absolute atomic E-state index is 13.0. The molecule has 4 rings (SSSR count). The lowest BCUT2D eigenvalue weighted by Gasteiger charge is -2.11. The average molecular weight is 408 g/mol. The van der Waals surface area contributed by atoms with Crippen LogP contribution in [-0.2, 0) is 0 Å². The summed E-state index contributed by atoms with van der Waals surface area (Å²) >= 11 is 1.42. The average Bonchev–Trinajstić information content (AvgIpc) is 3.43. The number of para-hydroxylation sites is 1. The van der Waals surface area contributed by atoms with Crippen LogP contribution in [0.1, 0.15) is 46.5 Å². The molecule has 0 atom stereocenters. The fraction of sp³-hybridized carbons (Fsp3) is 0.238. The number of aromatic nitrogens is 3. The standard InChI is InChI=1S/C21H20N4O3S/c1-11(2)18-24-20(28-25-18)14-8-5-7-12(3)16(14)22-19(26)17-13(4)29-21(23-17)15-9-6-10-27-15/h5-11H,1-4H3,(H,22,26). The number of aryl methyl sites for hydroxylation is 2. The van der Waals surface area contributed by atoms with Gasteiger partial charge in [-0.2, -0.15) is 4.98 Å². The van der Waals surface area contributed by atoms with E-state index in [0.717, 1.165) is 10.4 Å². The van der Waals surface area contributed by atoms with Gasteiger partial charge in [-0.25, -0.2) is 4.98 Å². The summed E-state index contributed by atoms with van der Waals surface area (Å²) in [6, 6.07) is 9.27. The second-order valence-corrected chi connectivity index (χ2v) is 8.17. The lowest BCUT2D eigenvalue weighted by atomic mass is 10.1. The third-order valence-corrected chi connectivity index (χ3v) is 5.43. The SMILES string of the molecule is Cc1cccc(-c2nc(C(C)C)no2)c1NC(=O)c1nc(-c2ccco2)sc1C. The van der Waals surface area contributed by atoms with Gasteiger partial charge in [0.1, 0.15) is 5.69 Å². The first-order valence-electron chi connectivity index (χ1n) is 9.20. The van der Waals surface area contributed by atoms with Gasteiger partial charge in [-0.1, -0.05) is 31.1 Å². The number of nitrogens with one attached hydrogen (secondary N) is 1. The topological polar surface area (TPSA) is 94.1 Å². The van der Waals surface area contributed by atoms with E-state index >= 15 is 0 Å². The van der Waals surface area contributed by atoms with Gasteiger partial charge in [-0.15, -0.1) is 11.3 Å². The molecule has 0 radical (unpaired) electrons. The summed E-state index contributed by atoms with van der Waals surface area (Å²) in [6.07, 6.45) is 1.58. The van der Waals surface area contributed by atoms with Crippen LogP contribution >= 0.6 is 11.3 Å². The minimum atomic E-state index is -0.296. The first-order chi connectivity index (χ1) is 13.9. The van der Waals surface area contributed by atoms with Crippen molar-refractivity contribution in [2.24, 2.45) is 0 Å². The lowest BCUT2D eigenvalue weighted by Crippen LogP contribution is -2.15. The minimum absolute atomic E-state index is 0.146. The van der Waals surface area contributed by atoms with E-state index in [4.69, 9.17) is 8.94 Å². The maximum atomic E-state index is 13.0. The van der Waals surface area contributed by atoms with Crippen molar-refractivity contribution >= 4 is 22.9 Å². The largest absolute Gasteiger partial charge is 0.462 e. The second-order valence-electron chi connectivity index (χ2n) is 6.97. The van der Waals surface area contributed by atoms with Gasteiger partial charge in [0.2, 0.25) is 0 Å². The van der Waals surface area contributed by atoms with Crippen molar-refractivity contribution in [2.45, 2.75) is 33.6 Å². The van der Waals surface area contributed by atoms with Gasteiger partial charge in [0, 0.05) is 10.8 Å². The van der Waals surface area contributed by atoms with E-state index in [-0.39, 0.29) is 11.8 Å². The zero-order valence-corrected chi connectivity index (χ0v) is 17.3. The molecule has 3 heterocycles. The van der Waals surface area contributed by atoms with Crippen LogP contribution in [0, 0.1) is 13.8 Å². The quantitative estimate of drug-likeness (QED) is 0.472. The van der Waals surface area contributed by atoms with E-state index in [2.05, 4.69) is 20.4 Å². The molecular formula is C21H20N4O3S. The van der Waals surface area contributed by atoms with E-state index in [1.807, 2.05) is 52.0 Å². The van der Waals surface area contributed by atoms with Crippen LogP contribution in [0.25, 0.3) is 22.2 Å². The normalized spacial score (nSPS) is 11.2. The van der Waals surface area contributed by atoms with Gasteiger partial charge >= 0.3 is 0 Å². The van der Waals surface area contributed by atoms with Crippen molar-refractivity contribution < 1.29 is 13.7 Å². The molecule has 148 valence electrons. The first kappa shape index (κ1) is 19.1. The highest BCUT2D eigenvalue weighted by Gasteiger charge is 2.21. The number of hydrogen-bond acceptors (Lipinski definition) is 7. The zero-order chi connectivity index (χ0) is 20.5. The molecule has 29 heavy (non-hydrogen) atoms. The van der Waals surface area contributed by atoms with Gasteiger partial charge in [-0.3, -0.25) is 4.79 Å². The smallest absolute Gasteiger partial charge is 0.275 e. The summed E-state index contributed by atoms with van der Waals surface area (Å²) in [4.78, 5) is 22.7. The molecule has 8 heteroatoms. The number of rotatable bonds is 5. The molecule has 1 N–H and O–H groups in total. The van der Waals surface area contributed by atoms with Crippen molar-refractivity contribution in [1.82, 2.24) is 15.1 Å². The van der Waals surface area contributed by atoms with E-state index in [1.165, 1.54) is 11.3 Å². The Balaban J connectivity index is 1.67. The Bertz CT molecular complexity index is 1160. The fourth-order valence-corrected chi connectivity index (χ4v) is 3.75. The van der Waals surface area contributed by atoms with Crippen LogP contribution < -0.4 is 5.32 Å². The van der Waals surface area contributed by atoms with Gasteiger partial charge in [0.15, 0.2) is 16.6 Å². The van der Waals surface area contributed by atoms with E-state index < -0.39 is 0 Å². The van der Waals surface area contributed by atoms with E-state index in [9.17, 15) is 4.79 Å². The molecule has 1 amide bonds. The second kappa shape index (κ2) is 7.63. The lowest BCUT2D eigenvalue weighted by molar-refractivity contribution is 0.102. The summed E-state index contributed by atoms with van der Waals surface area (Å²) in [7, 11) is 0. The number of carbonyl (C=O) groups is 1. The Morgan fingerprint density at radius 3 is 2.66 bits per heavy atom. The molecule has 0 aliphatic carbocycles. The number of anilines is 1. The fourth-order valence-electron chi connectivity index (χ4n) is 2.88. The number of carbonyl (C=O) groups excluding carboxylic acids is 1. The number of thiazole rings is 1. The minimum Gasteiger partial charge on any atom is -0.462 e. The highest BCUT2D eigenvalue weighted by molar-refractivity contribution is 7.15. The summed E-state index contributed by atoms with van der Waals surface area (Å²) in [5, 5.41) is 7.67. The van der Waals surface area contributed by atoms with Crippen LogP contribution in [0.5, 0.6) is 0 Å². The molecule has 0 aliphatic rings. The number of benzene rings is 1. The number of nitrogens with zero attached hydrogens (tertiary/aromatic N) is 3. The van der Waals surface area contributed by atoms with E-state index in [1.54, 1.807) is 12.3 Å². The van der Waals surface area contributed by atoms with Crippen LogP contribution in [0.15, 0.2) is 45.5 Å². The van der Waals surface area contributed by atoms with Gasteiger partial charge in [-0.05, 0) is 37.6 Å². The number of amides is 1. The molecule has 0 saturated carbocycles. The Morgan fingerprint density at radius 2 is 1.97 bits per heavy atom. The molecule has 0 saturated heterocycles. The molecule has 0 unspecified atom stereocenters. The van der Waals surface area contributed by atoms with Crippen molar-refractivity contribution in [1.29, 1.82) is 0 Å². The van der Waals surface area contributed by atoms with Crippen molar-refractivity contribution in [3.8, 4) is 22.2 Å². The molecule has 0 fully saturated rings. The predicted octanol–water partition coefficient (Wildman–Crippen LogP) is 5.45. The predicted molar refractivity (Wildman–Crippen MR) is 111 cm³/mol. The Kier molecular flexibility index (Phi) is 5.02. The van der Waals surface area contributed by atoms with Crippen LogP contribution in [-0.4, -0.2) is 21.0 Å². The molecule has 0 bridgehead atoms. The van der Waals surface area contributed by atoms with Gasteiger partial charge in [0.05, 0.1) is 17.5 Å². The molecule has 1 aromatic carbocycles. The Labute approximate surface area is 171 Å². The molecule has 0 spiro atoms. The summed E-state index contributed by atoms with van der Waals surface area (Å²) < 4.78 is 10.8. The van der Waals surface area contributed by atoms with Crippen molar-refractivity contribution in [3.63, 3.8) is 0 Å². The molecule has 4 aromatic rings. The third-order valence-electron chi connectivity index (χ3n) is 4.44. The van der Waals surface area contributed by atoms with Crippen molar-refractivity contribution in [3.05, 3.63) is 58.6 Å². The molecule has 3 aromatic heterocycles. The highest BCUT2D eigenvalue weighted by Crippen LogP contribution is 2.32. The van der Waals surface area contributed by atoms with Crippen molar-refractivity contribution in [2.75, 3.05) is 5.32 Å². The maximum Gasteiger partial charge on any atom is 0.275 e. The first-order valence-corrected chi connectivity index (χ1v) is 10.0. The summed E-state index contributed by atoms with van der Waals surface area (Å²) in [6.45, 7) is 7.77. The third kappa shape index (κ3) is 3.71. The number of furan rings is 1. The molecule has 0 aliphatic heterocycles. The van der Waals surface area contributed by atoms with Crippen LogP contribution in [0.4, 0.5) is 5.69 Å². The summed E-state index contributed by atoms with van der Waals surface area (Å²) in [5.74, 6) is 1.49. The van der Waals surface area contributed by atoms with E-state index in [0.29, 0.717) is 39.4 Å². The Hall–Kier alpha value is -3.26.